The van der Waals surface area contributed by atoms with E-state index in [0.717, 1.165) is 24.2 Å². The Bertz CT molecular complexity index is 504. The number of aromatic nitrogens is 2. The minimum Gasteiger partial charge on any atom is -0.383 e. The molecule has 0 saturated heterocycles. The second kappa shape index (κ2) is 4.34. The van der Waals surface area contributed by atoms with Gasteiger partial charge >= 0.3 is 0 Å². The molecule has 0 fully saturated rings. The molecule has 2 rings (SSSR count). The highest BCUT2D eigenvalue weighted by molar-refractivity contribution is 6.30. The third kappa shape index (κ3) is 1.87. The summed E-state index contributed by atoms with van der Waals surface area (Å²) in [5.41, 5.74) is 7.92. The molecule has 2 aromatic rings. The predicted molar refractivity (Wildman–Crippen MR) is 67.9 cm³/mol. The van der Waals surface area contributed by atoms with Gasteiger partial charge in [0.25, 0.3) is 0 Å². The summed E-state index contributed by atoms with van der Waals surface area (Å²) in [5, 5.41) is 0.672. The summed E-state index contributed by atoms with van der Waals surface area (Å²) in [7, 11) is 0. The van der Waals surface area contributed by atoms with E-state index < -0.39 is 0 Å². The highest BCUT2D eigenvalue weighted by atomic mass is 35.5. The Morgan fingerprint density at radius 1 is 1.50 bits per heavy atom. The van der Waals surface area contributed by atoms with Crippen LogP contribution in [-0.2, 0) is 0 Å². The lowest BCUT2D eigenvalue weighted by atomic mass is 10.0. The fraction of sp³-hybridized carbons (Fsp3) is 0.417. The first-order chi connectivity index (χ1) is 7.63. The fourth-order valence-corrected chi connectivity index (χ4v) is 2.15. The van der Waals surface area contributed by atoms with Crippen LogP contribution in [0.2, 0.25) is 5.02 Å². The topological polar surface area (TPSA) is 43.3 Å². The average Bonchev–Trinajstić information content (AvgIpc) is 2.57. The molecule has 0 aromatic carbocycles. The number of hydrogen-bond acceptors (Lipinski definition) is 2. The molecule has 2 aromatic heterocycles. The first-order valence-electron chi connectivity index (χ1n) is 5.56. The number of nitrogens with two attached hydrogens (primary N) is 1. The van der Waals surface area contributed by atoms with Gasteiger partial charge in [0, 0.05) is 12.1 Å². The van der Waals surface area contributed by atoms with E-state index in [0.29, 0.717) is 16.8 Å². The smallest absolute Gasteiger partial charge is 0.138 e. The number of nitrogen functional groups attached to an aromatic ring is 1. The first-order valence-corrected chi connectivity index (χ1v) is 5.94. The van der Waals surface area contributed by atoms with Gasteiger partial charge in [-0.05, 0) is 18.6 Å². The number of imidazole rings is 1. The van der Waals surface area contributed by atoms with E-state index in [4.69, 9.17) is 17.3 Å². The third-order valence-electron chi connectivity index (χ3n) is 2.84. The van der Waals surface area contributed by atoms with E-state index in [1.54, 1.807) is 6.20 Å². The molecular formula is C12H16ClN3. The molecule has 3 nitrogen and oxygen atoms in total. The van der Waals surface area contributed by atoms with E-state index in [-0.39, 0.29) is 0 Å². The Morgan fingerprint density at radius 2 is 2.25 bits per heavy atom. The zero-order valence-electron chi connectivity index (χ0n) is 9.57. The summed E-state index contributed by atoms with van der Waals surface area (Å²) in [4.78, 5) is 4.55. The van der Waals surface area contributed by atoms with Crippen molar-refractivity contribution >= 4 is 23.1 Å². The predicted octanol–water partition coefficient (Wildman–Crippen LogP) is 3.47. The van der Waals surface area contributed by atoms with Crippen LogP contribution in [0.3, 0.4) is 0 Å². The van der Waals surface area contributed by atoms with E-state index in [1.165, 1.54) is 0 Å². The molecule has 2 N–H and O–H groups in total. The Labute approximate surface area is 100 Å². The van der Waals surface area contributed by atoms with Gasteiger partial charge in [0.15, 0.2) is 0 Å². The lowest BCUT2D eigenvalue weighted by Crippen LogP contribution is -2.00. The molecule has 0 amide bonds. The highest BCUT2D eigenvalue weighted by Crippen LogP contribution is 2.27. The van der Waals surface area contributed by atoms with Crippen LogP contribution in [0.25, 0.3) is 5.65 Å². The van der Waals surface area contributed by atoms with Crippen molar-refractivity contribution in [2.24, 2.45) is 0 Å². The summed E-state index contributed by atoms with van der Waals surface area (Å²) >= 11 is 5.94. The van der Waals surface area contributed by atoms with Crippen LogP contribution in [0.4, 0.5) is 5.82 Å². The number of nitrogens with zero attached hydrogens (tertiary/aromatic N) is 2. The van der Waals surface area contributed by atoms with E-state index >= 15 is 0 Å². The molecule has 86 valence electrons. The molecular weight excluding hydrogens is 222 g/mol. The van der Waals surface area contributed by atoms with E-state index in [9.17, 15) is 0 Å². The molecule has 1 atom stereocenters. The zero-order valence-corrected chi connectivity index (χ0v) is 10.3. The van der Waals surface area contributed by atoms with Gasteiger partial charge in [0.1, 0.15) is 11.5 Å². The molecule has 0 aliphatic rings. The molecule has 0 bridgehead atoms. The zero-order chi connectivity index (χ0) is 11.7. The molecule has 1 unspecified atom stereocenters. The Balaban J connectivity index is 2.51. The second-order valence-electron chi connectivity index (χ2n) is 4.15. The molecule has 0 aliphatic carbocycles. The van der Waals surface area contributed by atoms with Crippen molar-refractivity contribution in [3.05, 3.63) is 29.0 Å². The number of rotatable bonds is 3. The third-order valence-corrected chi connectivity index (χ3v) is 3.06. The van der Waals surface area contributed by atoms with Crippen LogP contribution in [0.1, 0.15) is 38.3 Å². The van der Waals surface area contributed by atoms with Crippen LogP contribution >= 0.6 is 11.6 Å². The summed E-state index contributed by atoms with van der Waals surface area (Å²) < 4.78 is 1.85. The molecule has 0 spiro atoms. The first kappa shape index (κ1) is 11.3. The summed E-state index contributed by atoms with van der Waals surface area (Å²) in [6.45, 7) is 4.32. The molecule has 2 heterocycles. The lowest BCUT2D eigenvalue weighted by molar-refractivity contribution is 0.653. The molecule has 4 heteroatoms. The minimum atomic E-state index is 0.392. The van der Waals surface area contributed by atoms with Gasteiger partial charge in [-0.3, -0.25) is 4.40 Å². The van der Waals surface area contributed by atoms with Crippen LogP contribution in [0.15, 0.2) is 18.3 Å². The molecule has 0 saturated carbocycles. The largest absolute Gasteiger partial charge is 0.383 e. The van der Waals surface area contributed by atoms with Gasteiger partial charge < -0.3 is 5.73 Å². The molecule has 16 heavy (non-hydrogen) atoms. The van der Waals surface area contributed by atoms with Gasteiger partial charge in [0.2, 0.25) is 0 Å². The SMILES string of the molecule is CCCC(C)c1nc2ccc(Cl)cn2c1N. The second-order valence-corrected chi connectivity index (χ2v) is 4.58. The van der Waals surface area contributed by atoms with Gasteiger partial charge in [-0.25, -0.2) is 4.98 Å². The number of fused-ring (bicyclic) bond motifs is 1. The number of pyridine rings is 1. The summed E-state index contributed by atoms with van der Waals surface area (Å²) in [6.07, 6.45) is 4.04. The Morgan fingerprint density at radius 3 is 2.94 bits per heavy atom. The lowest BCUT2D eigenvalue weighted by Gasteiger charge is -2.07. The fourth-order valence-electron chi connectivity index (χ4n) is 1.99. The van der Waals surface area contributed by atoms with Crippen molar-refractivity contribution in [2.75, 3.05) is 5.73 Å². The average molecular weight is 238 g/mol. The van der Waals surface area contributed by atoms with Crippen molar-refractivity contribution in [3.8, 4) is 0 Å². The maximum atomic E-state index is 6.08. The van der Waals surface area contributed by atoms with Gasteiger partial charge in [-0.2, -0.15) is 0 Å². The van der Waals surface area contributed by atoms with Gasteiger partial charge in [-0.15, -0.1) is 0 Å². The van der Waals surface area contributed by atoms with Crippen molar-refractivity contribution in [1.82, 2.24) is 9.38 Å². The quantitative estimate of drug-likeness (QED) is 0.888. The summed E-state index contributed by atoms with van der Waals surface area (Å²) in [5.74, 6) is 1.10. The molecule has 0 radical (unpaired) electrons. The van der Waals surface area contributed by atoms with E-state index in [1.807, 2.05) is 16.5 Å². The van der Waals surface area contributed by atoms with Crippen molar-refractivity contribution < 1.29 is 0 Å². The summed E-state index contributed by atoms with van der Waals surface area (Å²) in [6, 6.07) is 3.72. The van der Waals surface area contributed by atoms with Gasteiger partial charge in [-0.1, -0.05) is 31.9 Å². The maximum absolute atomic E-state index is 6.08. The normalized spacial score (nSPS) is 13.2. The standard InChI is InChI=1S/C12H16ClN3/c1-3-4-8(2)11-12(14)16-7-9(13)5-6-10(16)15-11/h5-8H,3-4,14H2,1-2H3. The monoisotopic (exact) mass is 237 g/mol. The van der Waals surface area contributed by atoms with Crippen molar-refractivity contribution in [1.29, 1.82) is 0 Å². The Hall–Kier alpha value is -1.22. The number of halogens is 1. The van der Waals surface area contributed by atoms with Crippen LogP contribution in [-0.4, -0.2) is 9.38 Å². The van der Waals surface area contributed by atoms with Gasteiger partial charge in [0.05, 0.1) is 10.7 Å². The van der Waals surface area contributed by atoms with E-state index in [2.05, 4.69) is 18.8 Å². The number of hydrogen-bond donors (Lipinski definition) is 1. The van der Waals surface area contributed by atoms with Crippen LogP contribution < -0.4 is 5.73 Å². The maximum Gasteiger partial charge on any atom is 0.138 e. The number of anilines is 1. The van der Waals surface area contributed by atoms with Crippen molar-refractivity contribution in [3.63, 3.8) is 0 Å². The van der Waals surface area contributed by atoms with Crippen LogP contribution in [0, 0.1) is 0 Å². The highest BCUT2D eigenvalue weighted by Gasteiger charge is 2.14. The van der Waals surface area contributed by atoms with Crippen molar-refractivity contribution in [2.45, 2.75) is 32.6 Å². The Kier molecular flexibility index (Phi) is 3.06. The molecule has 0 aliphatic heterocycles. The minimum absolute atomic E-state index is 0.392. The van der Waals surface area contributed by atoms with Crippen LogP contribution in [0.5, 0.6) is 0 Å².